The zero-order chi connectivity index (χ0) is 23.0. The molecule has 0 aliphatic carbocycles. The van der Waals surface area contributed by atoms with Crippen molar-refractivity contribution in [2.45, 2.75) is 0 Å². The Morgan fingerprint density at radius 1 is 0.441 bits per heavy atom. The number of nitrogens with zero attached hydrogens (tertiary/aromatic N) is 8. The molecule has 0 saturated carbocycles. The van der Waals surface area contributed by atoms with Gasteiger partial charge in [0.25, 0.3) is 0 Å². The third-order valence-electron chi connectivity index (χ3n) is 4.87. The molecular weight excluding hydrogens is 424 g/mol. The molecule has 0 aliphatic heterocycles. The lowest BCUT2D eigenvalue weighted by Crippen LogP contribution is -1.99. The predicted molar refractivity (Wildman–Crippen MR) is 131 cm³/mol. The quantitative estimate of drug-likeness (QED) is 0.347. The van der Waals surface area contributed by atoms with Crippen molar-refractivity contribution in [3.63, 3.8) is 0 Å². The summed E-state index contributed by atoms with van der Waals surface area (Å²) in [6, 6.07) is 22.8. The van der Waals surface area contributed by atoms with Crippen LogP contribution in [0.3, 0.4) is 0 Å². The molecule has 0 spiro atoms. The van der Waals surface area contributed by atoms with Crippen LogP contribution in [0.2, 0.25) is 0 Å². The summed E-state index contributed by atoms with van der Waals surface area (Å²) >= 11 is 0. The van der Waals surface area contributed by atoms with E-state index in [9.17, 15) is 0 Å². The van der Waals surface area contributed by atoms with E-state index in [2.05, 4.69) is 40.3 Å². The summed E-state index contributed by atoms with van der Waals surface area (Å²) < 4.78 is 0. The Bertz CT molecular complexity index is 1290. The molecule has 0 saturated heterocycles. The summed E-state index contributed by atoms with van der Waals surface area (Å²) in [5.41, 5.74) is 5.25. The van der Waals surface area contributed by atoms with Crippen LogP contribution in [0.15, 0.2) is 108 Å². The van der Waals surface area contributed by atoms with Crippen molar-refractivity contribution >= 4 is 23.8 Å². The molecule has 0 aliphatic rings. The SMILES string of the molecule is C(=N\c1ccc(-c2nnc(-c3ccc(/N=C/c4ccncc4)cc3)nn2)cc1)/c1ccncc1. The van der Waals surface area contributed by atoms with E-state index in [1.807, 2.05) is 72.8 Å². The topological polar surface area (TPSA) is 102 Å². The summed E-state index contributed by atoms with van der Waals surface area (Å²) in [5, 5.41) is 17.0. The van der Waals surface area contributed by atoms with Crippen LogP contribution in [0.4, 0.5) is 11.4 Å². The minimum atomic E-state index is 0.451. The van der Waals surface area contributed by atoms with Crippen molar-refractivity contribution in [2.24, 2.45) is 9.98 Å². The highest BCUT2D eigenvalue weighted by atomic mass is 15.3. The van der Waals surface area contributed by atoms with Crippen molar-refractivity contribution in [1.82, 2.24) is 30.4 Å². The van der Waals surface area contributed by atoms with Crippen LogP contribution in [0.1, 0.15) is 11.1 Å². The lowest BCUT2D eigenvalue weighted by Gasteiger charge is -2.02. The molecule has 3 aromatic heterocycles. The van der Waals surface area contributed by atoms with Gasteiger partial charge in [-0.25, -0.2) is 0 Å². The number of hydrogen-bond acceptors (Lipinski definition) is 8. The number of aliphatic imine (C=N–C) groups is 2. The lowest BCUT2D eigenvalue weighted by atomic mass is 10.2. The fourth-order valence-corrected chi connectivity index (χ4v) is 3.05. The molecular formula is C26H18N8. The van der Waals surface area contributed by atoms with Gasteiger partial charge in [-0.3, -0.25) is 20.0 Å². The van der Waals surface area contributed by atoms with Gasteiger partial charge in [0.15, 0.2) is 0 Å². The number of hydrogen-bond donors (Lipinski definition) is 0. The standard InChI is InChI=1S/C26H18N8/c1-5-23(29-17-19-9-13-27-14-10-19)6-2-21(1)25-31-33-26(34-32-25)22-3-7-24(8-4-22)30-18-20-11-15-28-16-12-20/h1-18H/b29-17+,30-18+. The summed E-state index contributed by atoms with van der Waals surface area (Å²) in [5.74, 6) is 0.902. The second-order valence-corrected chi connectivity index (χ2v) is 7.22. The van der Waals surface area contributed by atoms with E-state index in [1.165, 1.54) is 0 Å². The Morgan fingerprint density at radius 2 is 0.794 bits per heavy atom. The first-order chi connectivity index (χ1) is 16.8. The Labute approximate surface area is 195 Å². The molecule has 3 heterocycles. The Hall–Kier alpha value is -4.98. The third kappa shape index (κ3) is 5.25. The number of pyridine rings is 2. The molecule has 8 nitrogen and oxygen atoms in total. The van der Waals surface area contributed by atoms with E-state index in [1.54, 1.807) is 37.2 Å². The van der Waals surface area contributed by atoms with Crippen molar-refractivity contribution in [2.75, 3.05) is 0 Å². The summed E-state index contributed by atoms with van der Waals surface area (Å²) in [4.78, 5) is 16.9. The Kier molecular flexibility index (Phi) is 6.20. The summed E-state index contributed by atoms with van der Waals surface area (Å²) in [6.07, 6.45) is 10.5. The molecule has 0 unspecified atom stereocenters. The molecule has 0 radical (unpaired) electrons. The zero-order valence-corrected chi connectivity index (χ0v) is 18.0. The molecule has 34 heavy (non-hydrogen) atoms. The number of rotatable bonds is 6. The maximum atomic E-state index is 4.46. The minimum Gasteiger partial charge on any atom is -0.265 e. The van der Waals surface area contributed by atoms with Gasteiger partial charge in [0, 0.05) is 48.3 Å². The summed E-state index contributed by atoms with van der Waals surface area (Å²) in [7, 11) is 0. The highest BCUT2D eigenvalue weighted by Crippen LogP contribution is 2.21. The summed E-state index contributed by atoms with van der Waals surface area (Å²) in [6.45, 7) is 0. The molecule has 0 N–H and O–H groups in total. The largest absolute Gasteiger partial charge is 0.265 e. The Balaban J connectivity index is 1.25. The molecule has 0 fully saturated rings. The maximum absolute atomic E-state index is 4.46. The van der Waals surface area contributed by atoms with Crippen molar-refractivity contribution in [1.29, 1.82) is 0 Å². The first-order valence-electron chi connectivity index (χ1n) is 10.5. The normalized spacial score (nSPS) is 11.3. The van der Waals surface area contributed by atoms with Gasteiger partial charge in [-0.1, -0.05) is 0 Å². The lowest BCUT2D eigenvalue weighted by molar-refractivity contribution is 0.876. The second-order valence-electron chi connectivity index (χ2n) is 7.22. The van der Waals surface area contributed by atoms with Crippen molar-refractivity contribution < 1.29 is 0 Å². The molecule has 5 rings (SSSR count). The van der Waals surface area contributed by atoms with Crippen LogP contribution in [-0.2, 0) is 0 Å². The van der Waals surface area contributed by atoms with Gasteiger partial charge in [0.05, 0.1) is 11.4 Å². The van der Waals surface area contributed by atoms with E-state index in [4.69, 9.17) is 0 Å². The second kappa shape index (κ2) is 10.1. The fourth-order valence-electron chi connectivity index (χ4n) is 3.05. The predicted octanol–water partition coefficient (Wildman–Crippen LogP) is 4.89. The molecule has 2 aromatic carbocycles. The maximum Gasteiger partial charge on any atom is 0.203 e. The van der Waals surface area contributed by atoms with E-state index >= 15 is 0 Å². The van der Waals surface area contributed by atoms with Gasteiger partial charge in [-0.05, 0) is 83.9 Å². The fraction of sp³-hybridized carbons (Fsp3) is 0. The van der Waals surface area contributed by atoms with Crippen LogP contribution in [0.5, 0.6) is 0 Å². The highest BCUT2D eigenvalue weighted by molar-refractivity contribution is 5.82. The average Bonchev–Trinajstić information content (AvgIpc) is 2.93. The van der Waals surface area contributed by atoms with E-state index in [0.717, 1.165) is 33.6 Å². The first kappa shape index (κ1) is 20.9. The highest BCUT2D eigenvalue weighted by Gasteiger charge is 2.07. The molecule has 8 heteroatoms. The smallest absolute Gasteiger partial charge is 0.203 e. The van der Waals surface area contributed by atoms with Gasteiger partial charge < -0.3 is 0 Å². The Morgan fingerprint density at radius 3 is 1.15 bits per heavy atom. The zero-order valence-electron chi connectivity index (χ0n) is 18.0. The van der Waals surface area contributed by atoms with Crippen LogP contribution >= 0.6 is 0 Å². The van der Waals surface area contributed by atoms with E-state index in [-0.39, 0.29) is 0 Å². The third-order valence-corrected chi connectivity index (χ3v) is 4.87. The van der Waals surface area contributed by atoms with Crippen LogP contribution in [-0.4, -0.2) is 42.8 Å². The monoisotopic (exact) mass is 442 g/mol. The first-order valence-corrected chi connectivity index (χ1v) is 10.5. The van der Waals surface area contributed by atoms with Crippen LogP contribution in [0, 0.1) is 0 Å². The minimum absolute atomic E-state index is 0.451. The van der Waals surface area contributed by atoms with Gasteiger partial charge in [-0.2, -0.15) is 0 Å². The molecule has 5 aromatic rings. The van der Waals surface area contributed by atoms with Gasteiger partial charge >= 0.3 is 0 Å². The average molecular weight is 442 g/mol. The van der Waals surface area contributed by atoms with E-state index in [0.29, 0.717) is 11.6 Å². The van der Waals surface area contributed by atoms with Crippen LogP contribution < -0.4 is 0 Å². The van der Waals surface area contributed by atoms with Crippen molar-refractivity contribution in [3.8, 4) is 22.8 Å². The number of benzene rings is 2. The molecule has 0 amide bonds. The molecule has 0 atom stereocenters. The molecule has 0 bridgehead atoms. The van der Waals surface area contributed by atoms with Crippen LogP contribution in [0.25, 0.3) is 22.8 Å². The van der Waals surface area contributed by atoms with E-state index < -0.39 is 0 Å². The number of aromatic nitrogens is 6. The van der Waals surface area contributed by atoms with Gasteiger partial charge in [0.2, 0.25) is 11.6 Å². The molecule has 162 valence electrons. The van der Waals surface area contributed by atoms with Gasteiger partial charge in [0.1, 0.15) is 0 Å². The van der Waals surface area contributed by atoms with Gasteiger partial charge in [-0.15, -0.1) is 20.4 Å². The van der Waals surface area contributed by atoms with Crippen molar-refractivity contribution in [3.05, 3.63) is 109 Å².